The van der Waals surface area contributed by atoms with Crippen LogP contribution in [-0.4, -0.2) is 31.6 Å². The molecule has 1 rings (SSSR count). The van der Waals surface area contributed by atoms with Gasteiger partial charge in [-0.05, 0) is 19.2 Å². The fourth-order valence-electron chi connectivity index (χ4n) is 1.19. The van der Waals surface area contributed by atoms with Crippen LogP contribution in [0.5, 0.6) is 5.75 Å². The minimum atomic E-state index is 0.571. The highest BCUT2D eigenvalue weighted by Gasteiger charge is 1.97. The van der Waals surface area contributed by atoms with Gasteiger partial charge in [-0.3, -0.25) is 0 Å². The van der Waals surface area contributed by atoms with Crippen LogP contribution in [0.4, 0.5) is 0 Å². The van der Waals surface area contributed by atoms with Crippen LogP contribution < -0.4 is 4.74 Å². The predicted molar refractivity (Wildman–Crippen MR) is 59.7 cm³/mol. The van der Waals surface area contributed by atoms with Crippen molar-refractivity contribution in [1.82, 2.24) is 4.90 Å². The van der Waals surface area contributed by atoms with Crippen molar-refractivity contribution in [2.24, 2.45) is 0 Å². The summed E-state index contributed by atoms with van der Waals surface area (Å²) >= 11 is 0. The van der Waals surface area contributed by atoms with E-state index in [1.165, 1.54) is 0 Å². The van der Waals surface area contributed by atoms with Crippen LogP contribution in [0, 0.1) is 11.3 Å². The van der Waals surface area contributed by atoms with E-state index in [4.69, 9.17) is 10.00 Å². The average Bonchev–Trinajstić information content (AvgIpc) is 2.28. The Kier molecular flexibility index (Phi) is 5.28. The molecule has 80 valence electrons. The lowest BCUT2D eigenvalue weighted by molar-refractivity contribution is 0.240. The number of likely N-dealkylation sites (N-methyl/N-ethyl adjacent to an activating group) is 1. The SMILES string of the molecule is CN(CCC#N)CCOc1ccccc1. The van der Waals surface area contributed by atoms with Gasteiger partial charge in [-0.15, -0.1) is 0 Å². The Morgan fingerprint density at radius 2 is 2.00 bits per heavy atom. The average molecular weight is 204 g/mol. The number of hydrogen-bond acceptors (Lipinski definition) is 3. The molecule has 0 spiro atoms. The van der Waals surface area contributed by atoms with Gasteiger partial charge in [0.15, 0.2) is 0 Å². The minimum Gasteiger partial charge on any atom is -0.492 e. The molecule has 0 amide bonds. The van der Waals surface area contributed by atoms with E-state index in [1.807, 2.05) is 37.4 Å². The molecule has 0 N–H and O–H groups in total. The Morgan fingerprint density at radius 3 is 2.67 bits per heavy atom. The van der Waals surface area contributed by atoms with Gasteiger partial charge in [-0.2, -0.15) is 5.26 Å². The molecular formula is C12H16N2O. The van der Waals surface area contributed by atoms with Gasteiger partial charge >= 0.3 is 0 Å². The third-order valence-corrected chi connectivity index (χ3v) is 2.09. The number of ether oxygens (including phenoxy) is 1. The number of nitriles is 1. The van der Waals surface area contributed by atoms with Gasteiger partial charge in [0.05, 0.1) is 6.07 Å². The zero-order chi connectivity index (χ0) is 10.9. The van der Waals surface area contributed by atoms with Crippen LogP contribution in [0.2, 0.25) is 0 Å². The summed E-state index contributed by atoms with van der Waals surface area (Å²) in [6.45, 7) is 2.30. The topological polar surface area (TPSA) is 36.3 Å². The first-order chi connectivity index (χ1) is 7.33. The minimum absolute atomic E-state index is 0.571. The molecule has 1 aromatic rings. The van der Waals surface area contributed by atoms with Crippen LogP contribution in [0.3, 0.4) is 0 Å². The van der Waals surface area contributed by atoms with Gasteiger partial charge in [0.1, 0.15) is 12.4 Å². The van der Waals surface area contributed by atoms with Gasteiger partial charge in [0.2, 0.25) is 0 Å². The van der Waals surface area contributed by atoms with Gasteiger partial charge < -0.3 is 9.64 Å². The summed E-state index contributed by atoms with van der Waals surface area (Å²) in [5, 5.41) is 8.41. The molecule has 0 unspecified atom stereocenters. The van der Waals surface area contributed by atoms with Crippen molar-refractivity contribution in [3.63, 3.8) is 0 Å². The van der Waals surface area contributed by atoms with E-state index in [0.717, 1.165) is 18.8 Å². The second kappa shape index (κ2) is 6.86. The van der Waals surface area contributed by atoms with E-state index >= 15 is 0 Å². The maximum Gasteiger partial charge on any atom is 0.119 e. The molecule has 0 saturated carbocycles. The fourth-order valence-corrected chi connectivity index (χ4v) is 1.19. The fraction of sp³-hybridized carbons (Fsp3) is 0.417. The van der Waals surface area contributed by atoms with Crippen molar-refractivity contribution in [1.29, 1.82) is 5.26 Å². The summed E-state index contributed by atoms with van der Waals surface area (Å²) in [7, 11) is 1.99. The normalized spacial score (nSPS) is 9.93. The Hall–Kier alpha value is -1.53. The number of benzene rings is 1. The van der Waals surface area contributed by atoms with Crippen LogP contribution in [-0.2, 0) is 0 Å². The van der Waals surface area contributed by atoms with Crippen molar-refractivity contribution >= 4 is 0 Å². The standard InChI is InChI=1S/C12H16N2O/c1-14(9-5-8-13)10-11-15-12-6-3-2-4-7-12/h2-4,6-7H,5,9-11H2,1H3. The molecule has 0 bridgehead atoms. The zero-order valence-electron chi connectivity index (χ0n) is 9.02. The van der Waals surface area contributed by atoms with Gasteiger partial charge in [0.25, 0.3) is 0 Å². The van der Waals surface area contributed by atoms with Crippen LogP contribution >= 0.6 is 0 Å². The van der Waals surface area contributed by atoms with Crippen molar-refractivity contribution < 1.29 is 4.74 Å². The van der Waals surface area contributed by atoms with Crippen molar-refractivity contribution in [3.8, 4) is 11.8 Å². The van der Waals surface area contributed by atoms with Gasteiger partial charge in [-0.1, -0.05) is 18.2 Å². The highest BCUT2D eigenvalue weighted by molar-refractivity contribution is 5.20. The van der Waals surface area contributed by atoms with Crippen LogP contribution in [0.1, 0.15) is 6.42 Å². The van der Waals surface area contributed by atoms with E-state index in [1.54, 1.807) is 0 Å². The summed E-state index contributed by atoms with van der Waals surface area (Å²) < 4.78 is 5.53. The molecule has 3 nitrogen and oxygen atoms in total. The lowest BCUT2D eigenvalue weighted by Gasteiger charge is -2.14. The summed E-state index contributed by atoms with van der Waals surface area (Å²) in [6.07, 6.45) is 0.571. The molecule has 0 aliphatic heterocycles. The largest absolute Gasteiger partial charge is 0.492 e. The molecule has 0 aliphatic rings. The molecular weight excluding hydrogens is 188 g/mol. The third-order valence-electron chi connectivity index (χ3n) is 2.09. The van der Waals surface area contributed by atoms with E-state index in [-0.39, 0.29) is 0 Å². The number of hydrogen-bond donors (Lipinski definition) is 0. The maximum atomic E-state index is 8.41. The Morgan fingerprint density at radius 1 is 1.27 bits per heavy atom. The molecule has 0 aliphatic carbocycles. The summed E-state index contributed by atoms with van der Waals surface area (Å²) in [4.78, 5) is 2.09. The first kappa shape index (κ1) is 11.5. The molecule has 0 radical (unpaired) electrons. The first-order valence-electron chi connectivity index (χ1n) is 5.06. The molecule has 0 saturated heterocycles. The lowest BCUT2D eigenvalue weighted by atomic mass is 10.3. The number of para-hydroxylation sites is 1. The lowest BCUT2D eigenvalue weighted by Crippen LogP contribution is -2.25. The second-order valence-corrected chi connectivity index (χ2v) is 3.37. The van der Waals surface area contributed by atoms with E-state index in [9.17, 15) is 0 Å². The Labute approximate surface area is 90.9 Å². The highest BCUT2D eigenvalue weighted by Crippen LogP contribution is 2.07. The smallest absolute Gasteiger partial charge is 0.119 e. The van der Waals surface area contributed by atoms with Gasteiger partial charge in [-0.25, -0.2) is 0 Å². The van der Waals surface area contributed by atoms with E-state index in [2.05, 4.69) is 11.0 Å². The summed E-state index contributed by atoms with van der Waals surface area (Å²) in [5.74, 6) is 0.895. The molecule has 3 heteroatoms. The molecule has 0 atom stereocenters. The van der Waals surface area contributed by atoms with Crippen molar-refractivity contribution in [2.75, 3.05) is 26.7 Å². The highest BCUT2D eigenvalue weighted by atomic mass is 16.5. The molecule has 0 fully saturated rings. The molecule has 0 aromatic heterocycles. The van der Waals surface area contributed by atoms with Crippen LogP contribution in [0.25, 0.3) is 0 Å². The molecule has 15 heavy (non-hydrogen) atoms. The summed E-state index contributed by atoms with van der Waals surface area (Å²) in [6, 6.07) is 11.9. The second-order valence-electron chi connectivity index (χ2n) is 3.37. The maximum absolute atomic E-state index is 8.41. The third kappa shape index (κ3) is 5.04. The Bertz CT molecular complexity index is 305. The van der Waals surface area contributed by atoms with E-state index < -0.39 is 0 Å². The quantitative estimate of drug-likeness (QED) is 0.710. The number of rotatable bonds is 6. The summed E-state index contributed by atoms with van der Waals surface area (Å²) in [5.41, 5.74) is 0. The number of nitrogens with zero attached hydrogens (tertiary/aromatic N) is 2. The molecule has 1 aromatic carbocycles. The van der Waals surface area contributed by atoms with Crippen molar-refractivity contribution in [2.45, 2.75) is 6.42 Å². The first-order valence-corrected chi connectivity index (χ1v) is 5.06. The zero-order valence-corrected chi connectivity index (χ0v) is 9.02. The van der Waals surface area contributed by atoms with Crippen molar-refractivity contribution in [3.05, 3.63) is 30.3 Å². The Balaban J connectivity index is 2.14. The monoisotopic (exact) mass is 204 g/mol. The van der Waals surface area contributed by atoms with Gasteiger partial charge in [0, 0.05) is 19.5 Å². The van der Waals surface area contributed by atoms with E-state index in [0.29, 0.717) is 13.0 Å². The van der Waals surface area contributed by atoms with Crippen LogP contribution in [0.15, 0.2) is 30.3 Å². The predicted octanol–water partition coefficient (Wildman–Crippen LogP) is 1.91. The molecule has 0 heterocycles.